The van der Waals surface area contributed by atoms with E-state index in [0.717, 1.165) is 19.3 Å². The first-order valence-electron chi connectivity index (χ1n) is 7.59. The molecule has 3 aliphatic rings. The van der Waals surface area contributed by atoms with Gasteiger partial charge in [0.1, 0.15) is 0 Å². The monoisotopic (exact) mass is 265 g/mol. The van der Waals surface area contributed by atoms with Crippen LogP contribution in [0.25, 0.3) is 0 Å². The molecule has 106 valence electrons. The van der Waals surface area contributed by atoms with Gasteiger partial charge < -0.3 is 15.1 Å². The molecule has 19 heavy (non-hydrogen) atoms. The molecule has 5 nitrogen and oxygen atoms in total. The zero-order valence-corrected chi connectivity index (χ0v) is 11.4. The van der Waals surface area contributed by atoms with E-state index in [1.165, 1.54) is 19.3 Å². The summed E-state index contributed by atoms with van der Waals surface area (Å²) in [6.07, 6.45) is 7.57. The maximum absolute atomic E-state index is 12.2. The predicted octanol–water partition coefficient (Wildman–Crippen LogP) is 1.34. The summed E-state index contributed by atoms with van der Waals surface area (Å²) in [5.74, 6) is 0.261. The third-order valence-electron chi connectivity index (χ3n) is 4.71. The number of hydrogen-bond donors (Lipinski definition) is 1. The van der Waals surface area contributed by atoms with Crippen LogP contribution in [0.1, 0.15) is 44.9 Å². The Kier molecular flexibility index (Phi) is 3.62. The molecule has 2 aliphatic heterocycles. The second-order valence-corrected chi connectivity index (χ2v) is 6.01. The molecular formula is C14H23N3O2. The SMILES string of the molecule is O=C(NC1CCCCC1)N1CCN2C(=O)CCC2C1. The summed E-state index contributed by atoms with van der Waals surface area (Å²) < 4.78 is 0. The molecule has 1 unspecified atom stereocenters. The molecule has 0 bridgehead atoms. The molecule has 1 aliphatic carbocycles. The number of amides is 3. The average molecular weight is 265 g/mol. The topological polar surface area (TPSA) is 52.7 Å². The van der Waals surface area contributed by atoms with Gasteiger partial charge in [-0.3, -0.25) is 4.79 Å². The molecule has 0 aromatic carbocycles. The minimum absolute atomic E-state index is 0.0749. The highest BCUT2D eigenvalue weighted by molar-refractivity contribution is 5.80. The summed E-state index contributed by atoms with van der Waals surface area (Å²) in [6.45, 7) is 2.10. The third kappa shape index (κ3) is 2.69. The van der Waals surface area contributed by atoms with Gasteiger partial charge in [0.15, 0.2) is 0 Å². The highest BCUT2D eigenvalue weighted by atomic mass is 16.2. The Bertz CT molecular complexity index is 366. The molecule has 3 rings (SSSR count). The fourth-order valence-electron chi connectivity index (χ4n) is 3.56. The lowest BCUT2D eigenvalue weighted by atomic mass is 9.96. The van der Waals surface area contributed by atoms with Gasteiger partial charge >= 0.3 is 6.03 Å². The van der Waals surface area contributed by atoms with Crippen LogP contribution in [0.2, 0.25) is 0 Å². The van der Waals surface area contributed by atoms with E-state index in [0.29, 0.717) is 32.1 Å². The van der Waals surface area contributed by atoms with Gasteiger partial charge in [0.05, 0.1) is 0 Å². The Hall–Kier alpha value is -1.26. The number of carbonyl (C=O) groups excluding carboxylic acids is 2. The predicted molar refractivity (Wildman–Crippen MR) is 71.7 cm³/mol. The largest absolute Gasteiger partial charge is 0.336 e. The van der Waals surface area contributed by atoms with Crippen LogP contribution in [0, 0.1) is 0 Å². The Balaban J connectivity index is 1.52. The quantitative estimate of drug-likeness (QED) is 0.778. The van der Waals surface area contributed by atoms with E-state index in [1.807, 2.05) is 9.80 Å². The van der Waals surface area contributed by atoms with Crippen molar-refractivity contribution in [2.45, 2.75) is 57.0 Å². The Morgan fingerprint density at radius 2 is 1.89 bits per heavy atom. The normalized spacial score (nSPS) is 28.4. The smallest absolute Gasteiger partial charge is 0.317 e. The van der Waals surface area contributed by atoms with E-state index in [4.69, 9.17) is 0 Å². The van der Waals surface area contributed by atoms with Gasteiger partial charge in [0, 0.05) is 38.1 Å². The lowest BCUT2D eigenvalue weighted by molar-refractivity contribution is -0.130. The maximum Gasteiger partial charge on any atom is 0.317 e. The molecule has 0 spiro atoms. The van der Waals surface area contributed by atoms with E-state index < -0.39 is 0 Å². The van der Waals surface area contributed by atoms with E-state index in [2.05, 4.69) is 5.32 Å². The van der Waals surface area contributed by atoms with Crippen LogP contribution < -0.4 is 5.32 Å². The molecule has 0 aromatic rings. The van der Waals surface area contributed by atoms with Crippen molar-refractivity contribution >= 4 is 11.9 Å². The fraction of sp³-hybridized carbons (Fsp3) is 0.857. The third-order valence-corrected chi connectivity index (χ3v) is 4.71. The fourth-order valence-corrected chi connectivity index (χ4v) is 3.56. The summed E-state index contributed by atoms with van der Waals surface area (Å²) in [5.41, 5.74) is 0. The van der Waals surface area contributed by atoms with Crippen molar-refractivity contribution in [2.75, 3.05) is 19.6 Å². The van der Waals surface area contributed by atoms with Gasteiger partial charge in [-0.2, -0.15) is 0 Å². The average Bonchev–Trinajstić information content (AvgIpc) is 2.81. The van der Waals surface area contributed by atoms with Gasteiger partial charge in [-0.1, -0.05) is 19.3 Å². The van der Waals surface area contributed by atoms with Gasteiger partial charge in [-0.25, -0.2) is 4.79 Å². The summed E-state index contributed by atoms with van der Waals surface area (Å²) >= 11 is 0. The van der Waals surface area contributed by atoms with Gasteiger partial charge in [-0.05, 0) is 19.3 Å². The second-order valence-electron chi connectivity index (χ2n) is 6.01. The Morgan fingerprint density at radius 3 is 2.68 bits per heavy atom. The molecule has 0 aromatic heterocycles. The molecule has 2 heterocycles. The summed E-state index contributed by atoms with van der Waals surface area (Å²) in [6, 6.07) is 0.703. The number of nitrogens with one attached hydrogen (secondary N) is 1. The van der Waals surface area contributed by atoms with Crippen LogP contribution in [0.5, 0.6) is 0 Å². The van der Waals surface area contributed by atoms with Crippen LogP contribution >= 0.6 is 0 Å². The number of rotatable bonds is 1. The zero-order chi connectivity index (χ0) is 13.2. The zero-order valence-electron chi connectivity index (χ0n) is 11.4. The second kappa shape index (κ2) is 5.39. The van der Waals surface area contributed by atoms with Crippen molar-refractivity contribution in [2.24, 2.45) is 0 Å². The van der Waals surface area contributed by atoms with Crippen LogP contribution in [-0.2, 0) is 4.79 Å². The van der Waals surface area contributed by atoms with Gasteiger partial charge in [0.2, 0.25) is 5.91 Å². The molecule has 1 N–H and O–H groups in total. The van der Waals surface area contributed by atoms with Crippen molar-refractivity contribution in [1.29, 1.82) is 0 Å². The molecule has 1 saturated carbocycles. The number of urea groups is 1. The van der Waals surface area contributed by atoms with Crippen LogP contribution in [0.4, 0.5) is 4.79 Å². The molecule has 3 amide bonds. The molecule has 0 radical (unpaired) electrons. The standard InChI is InChI=1S/C14H23N3O2/c18-13-7-6-12-10-16(8-9-17(12)13)14(19)15-11-4-2-1-3-5-11/h11-12H,1-10H2,(H,15,19). The van der Waals surface area contributed by atoms with E-state index in [9.17, 15) is 9.59 Å². The van der Waals surface area contributed by atoms with E-state index >= 15 is 0 Å². The van der Waals surface area contributed by atoms with Gasteiger partial charge in [-0.15, -0.1) is 0 Å². The number of fused-ring (bicyclic) bond motifs is 1. The van der Waals surface area contributed by atoms with E-state index in [-0.39, 0.29) is 18.0 Å². The highest BCUT2D eigenvalue weighted by Gasteiger charge is 2.37. The minimum Gasteiger partial charge on any atom is -0.336 e. The highest BCUT2D eigenvalue weighted by Crippen LogP contribution is 2.23. The lowest BCUT2D eigenvalue weighted by Gasteiger charge is -2.38. The first-order valence-corrected chi connectivity index (χ1v) is 7.59. The molecule has 2 saturated heterocycles. The Morgan fingerprint density at radius 1 is 1.11 bits per heavy atom. The summed E-state index contributed by atoms with van der Waals surface area (Å²) in [7, 11) is 0. The van der Waals surface area contributed by atoms with Crippen molar-refractivity contribution in [3.8, 4) is 0 Å². The van der Waals surface area contributed by atoms with Gasteiger partial charge in [0.25, 0.3) is 0 Å². The number of carbonyl (C=O) groups is 2. The number of piperazine rings is 1. The molecule has 5 heteroatoms. The van der Waals surface area contributed by atoms with Crippen molar-refractivity contribution in [3.63, 3.8) is 0 Å². The van der Waals surface area contributed by atoms with Crippen LogP contribution in [0.15, 0.2) is 0 Å². The maximum atomic E-state index is 12.2. The van der Waals surface area contributed by atoms with Crippen LogP contribution in [0.3, 0.4) is 0 Å². The van der Waals surface area contributed by atoms with E-state index in [1.54, 1.807) is 0 Å². The Labute approximate surface area is 114 Å². The minimum atomic E-state index is 0.0749. The number of hydrogen-bond acceptors (Lipinski definition) is 2. The van der Waals surface area contributed by atoms with Crippen LogP contribution in [-0.4, -0.2) is 53.5 Å². The summed E-state index contributed by atoms with van der Waals surface area (Å²) in [4.78, 5) is 27.7. The lowest BCUT2D eigenvalue weighted by Crippen LogP contribution is -2.56. The van der Waals surface area contributed by atoms with Crippen molar-refractivity contribution < 1.29 is 9.59 Å². The number of nitrogens with zero attached hydrogens (tertiary/aromatic N) is 2. The first kappa shape index (κ1) is 12.8. The first-order chi connectivity index (χ1) is 9.24. The van der Waals surface area contributed by atoms with Crippen molar-refractivity contribution in [3.05, 3.63) is 0 Å². The van der Waals surface area contributed by atoms with Crippen molar-refractivity contribution in [1.82, 2.24) is 15.1 Å². The summed E-state index contributed by atoms with van der Waals surface area (Å²) in [5, 5.41) is 3.16. The molecule has 1 atom stereocenters. The molecule has 3 fully saturated rings. The molecular weight excluding hydrogens is 242 g/mol.